The zero-order valence-corrected chi connectivity index (χ0v) is 14.7. The Morgan fingerprint density at radius 1 is 1.41 bits per heavy atom. The monoisotopic (exact) mass is 380 g/mol. The third-order valence-corrected chi connectivity index (χ3v) is 4.04. The van der Waals surface area contributed by atoms with Crippen molar-refractivity contribution in [2.24, 2.45) is 4.99 Å². The number of alkyl halides is 3. The zero-order chi connectivity index (χ0) is 19.4. The lowest BCUT2D eigenvalue weighted by atomic mass is 10.1. The van der Waals surface area contributed by atoms with E-state index in [9.17, 15) is 18.0 Å². The normalized spacial score (nSPS) is 17.1. The van der Waals surface area contributed by atoms with Crippen LogP contribution in [0.15, 0.2) is 47.2 Å². The van der Waals surface area contributed by atoms with Gasteiger partial charge < -0.3 is 15.0 Å². The van der Waals surface area contributed by atoms with Crippen LogP contribution in [0.25, 0.3) is 0 Å². The molecule has 1 amide bonds. The highest BCUT2D eigenvalue weighted by molar-refractivity contribution is 5.97. The van der Waals surface area contributed by atoms with Gasteiger partial charge in [0.1, 0.15) is 11.6 Å². The first kappa shape index (κ1) is 18.9. The minimum atomic E-state index is -4.40. The highest BCUT2D eigenvalue weighted by atomic mass is 19.4. The number of carbonyl (C=O) groups is 1. The van der Waals surface area contributed by atoms with Crippen LogP contribution in [0.4, 0.5) is 13.2 Å². The molecule has 0 saturated heterocycles. The van der Waals surface area contributed by atoms with Gasteiger partial charge in [-0.05, 0) is 36.8 Å². The number of nitrogens with zero attached hydrogens (tertiary/aromatic N) is 3. The molecule has 0 spiro atoms. The Morgan fingerprint density at radius 2 is 2.22 bits per heavy atom. The number of pyridine rings is 1. The second-order valence-corrected chi connectivity index (χ2v) is 6.26. The summed E-state index contributed by atoms with van der Waals surface area (Å²) in [5, 5.41) is 2.83. The van der Waals surface area contributed by atoms with Crippen LogP contribution >= 0.6 is 0 Å². The number of allylic oxidation sites excluding steroid dienone is 1. The maximum absolute atomic E-state index is 12.3. The van der Waals surface area contributed by atoms with Crippen LogP contribution in [-0.4, -0.2) is 47.5 Å². The summed E-state index contributed by atoms with van der Waals surface area (Å²) in [6, 6.07) is 2.54. The summed E-state index contributed by atoms with van der Waals surface area (Å²) in [6.45, 7) is 1.99. The van der Waals surface area contributed by atoms with Crippen molar-refractivity contribution >= 4 is 11.7 Å². The van der Waals surface area contributed by atoms with E-state index in [4.69, 9.17) is 0 Å². The van der Waals surface area contributed by atoms with Crippen LogP contribution in [0.1, 0.15) is 25.1 Å². The number of halogens is 3. The minimum Gasteiger partial charge on any atom is -0.483 e. The Hall–Kier alpha value is -2.84. The number of amidine groups is 1. The van der Waals surface area contributed by atoms with Gasteiger partial charge in [0.25, 0.3) is 0 Å². The van der Waals surface area contributed by atoms with Gasteiger partial charge in [-0.3, -0.25) is 14.8 Å². The number of amides is 1. The molecule has 144 valence electrons. The number of carbonyl (C=O) groups excluding carboxylic acids is 1. The fraction of sp³-hybridized carbons (Fsp3) is 0.389. The van der Waals surface area contributed by atoms with E-state index in [1.54, 1.807) is 6.92 Å². The van der Waals surface area contributed by atoms with E-state index in [2.05, 4.69) is 20.0 Å². The molecule has 0 radical (unpaired) electrons. The Kier molecular flexibility index (Phi) is 5.48. The molecular formula is C18H19F3N4O2. The molecule has 6 nitrogen and oxygen atoms in total. The first-order chi connectivity index (χ1) is 12.8. The quantitative estimate of drug-likeness (QED) is 0.824. The molecule has 1 N–H and O–H groups in total. The van der Waals surface area contributed by atoms with E-state index in [0.717, 1.165) is 24.5 Å². The summed E-state index contributed by atoms with van der Waals surface area (Å²) in [4.78, 5) is 22.7. The zero-order valence-electron chi connectivity index (χ0n) is 14.7. The lowest BCUT2D eigenvalue weighted by Crippen LogP contribution is -2.28. The molecule has 9 heteroatoms. The van der Waals surface area contributed by atoms with E-state index in [1.165, 1.54) is 18.3 Å². The summed E-state index contributed by atoms with van der Waals surface area (Å²) in [6.07, 6.45) is 2.72. The van der Waals surface area contributed by atoms with Gasteiger partial charge in [-0.1, -0.05) is 0 Å². The molecule has 0 fully saturated rings. The van der Waals surface area contributed by atoms with E-state index >= 15 is 0 Å². The molecule has 1 atom stereocenters. The first-order valence-corrected chi connectivity index (χ1v) is 8.45. The fourth-order valence-corrected chi connectivity index (χ4v) is 2.72. The fourth-order valence-electron chi connectivity index (χ4n) is 2.72. The van der Waals surface area contributed by atoms with Gasteiger partial charge in [-0.15, -0.1) is 0 Å². The third kappa shape index (κ3) is 5.32. The Balaban J connectivity index is 1.51. The summed E-state index contributed by atoms with van der Waals surface area (Å²) < 4.78 is 41.0. The van der Waals surface area contributed by atoms with Crippen molar-refractivity contribution in [3.8, 4) is 5.75 Å². The highest BCUT2D eigenvalue weighted by Gasteiger charge is 2.28. The van der Waals surface area contributed by atoms with Crippen LogP contribution in [0.5, 0.6) is 5.75 Å². The van der Waals surface area contributed by atoms with Crippen molar-refractivity contribution in [1.82, 2.24) is 15.2 Å². The van der Waals surface area contributed by atoms with Crippen LogP contribution < -0.4 is 10.1 Å². The molecule has 1 aromatic heterocycles. The molecule has 0 bridgehead atoms. The highest BCUT2D eigenvalue weighted by Crippen LogP contribution is 2.20. The number of hydrogen-bond donors (Lipinski definition) is 1. The van der Waals surface area contributed by atoms with Crippen LogP contribution in [-0.2, 0) is 4.79 Å². The van der Waals surface area contributed by atoms with Crippen molar-refractivity contribution in [3.63, 3.8) is 0 Å². The van der Waals surface area contributed by atoms with Crippen LogP contribution in [0.2, 0.25) is 0 Å². The smallest absolute Gasteiger partial charge is 0.422 e. The predicted octanol–water partition coefficient (Wildman–Crippen LogP) is 2.76. The van der Waals surface area contributed by atoms with Gasteiger partial charge in [-0.25, -0.2) is 0 Å². The SMILES string of the molecule is C[C@@H](NC(=O)CC1=CC2=NCCN2C=C1)c1ccc(OCC(F)(F)F)cn1. The minimum absolute atomic E-state index is 0.0222. The number of nitrogens with one attached hydrogen (secondary N) is 1. The second kappa shape index (κ2) is 7.81. The number of rotatable bonds is 6. The molecule has 27 heavy (non-hydrogen) atoms. The number of ether oxygens (including phenoxy) is 1. The first-order valence-electron chi connectivity index (χ1n) is 8.45. The Labute approximate surface area is 154 Å². The topological polar surface area (TPSA) is 66.8 Å². The van der Waals surface area contributed by atoms with E-state index in [0.29, 0.717) is 5.69 Å². The lowest BCUT2D eigenvalue weighted by molar-refractivity contribution is -0.153. The standard InChI is InChI=1S/C18H19F3N4O2/c1-12(15-3-2-14(10-23-15)27-11-18(19,20)21)24-17(26)9-13-4-6-25-7-5-22-16(25)8-13/h2-4,6,8,10,12H,5,7,9,11H2,1H3,(H,24,26)/t12-/m1/s1. The molecule has 2 aliphatic heterocycles. The van der Waals surface area contributed by atoms with E-state index in [-0.39, 0.29) is 24.1 Å². The van der Waals surface area contributed by atoms with Crippen molar-refractivity contribution in [2.45, 2.75) is 25.6 Å². The number of aliphatic imine (C=N–C) groups is 1. The van der Waals surface area contributed by atoms with Crippen LogP contribution in [0.3, 0.4) is 0 Å². The summed E-state index contributed by atoms with van der Waals surface area (Å²) in [5.41, 5.74) is 1.39. The second-order valence-electron chi connectivity index (χ2n) is 6.26. The molecule has 3 rings (SSSR count). The molecule has 0 unspecified atom stereocenters. The number of fused-ring (bicyclic) bond motifs is 1. The maximum atomic E-state index is 12.3. The van der Waals surface area contributed by atoms with Gasteiger partial charge in [0.05, 0.1) is 30.9 Å². The van der Waals surface area contributed by atoms with Gasteiger partial charge in [0.15, 0.2) is 6.61 Å². The summed E-state index contributed by atoms with van der Waals surface area (Å²) in [7, 11) is 0. The van der Waals surface area contributed by atoms with Crippen molar-refractivity contribution in [3.05, 3.63) is 47.9 Å². The van der Waals surface area contributed by atoms with Crippen LogP contribution in [0, 0.1) is 0 Å². The summed E-state index contributed by atoms with van der Waals surface area (Å²) in [5.74, 6) is 0.711. The van der Waals surface area contributed by atoms with Gasteiger partial charge >= 0.3 is 6.18 Å². The lowest BCUT2D eigenvalue weighted by Gasteiger charge is -2.19. The van der Waals surface area contributed by atoms with Gasteiger partial charge in [0, 0.05) is 12.7 Å². The van der Waals surface area contributed by atoms with E-state index < -0.39 is 12.8 Å². The van der Waals surface area contributed by atoms with Crippen molar-refractivity contribution in [2.75, 3.05) is 19.7 Å². The Bertz CT molecular complexity index is 785. The Morgan fingerprint density at radius 3 is 2.93 bits per heavy atom. The third-order valence-electron chi connectivity index (χ3n) is 4.04. The average Bonchev–Trinajstić information content (AvgIpc) is 3.07. The maximum Gasteiger partial charge on any atom is 0.422 e. The molecule has 0 saturated carbocycles. The van der Waals surface area contributed by atoms with Gasteiger partial charge in [-0.2, -0.15) is 13.2 Å². The summed E-state index contributed by atoms with van der Waals surface area (Å²) >= 11 is 0. The van der Waals surface area contributed by atoms with Crippen molar-refractivity contribution < 1.29 is 22.7 Å². The molecule has 1 aromatic rings. The van der Waals surface area contributed by atoms with E-state index in [1.807, 2.05) is 23.3 Å². The predicted molar refractivity (Wildman–Crippen MR) is 93.2 cm³/mol. The number of aromatic nitrogens is 1. The largest absolute Gasteiger partial charge is 0.483 e. The molecular weight excluding hydrogens is 361 g/mol. The molecule has 0 aliphatic carbocycles. The average molecular weight is 380 g/mol. The molecule has 0 aromatic carbocycles. The number of hydrogen-bond acceptors (Lipinski definition) is 5. The van der Waals surface area contributed by atoms with Gasteiger partial charge in [0.2, 0.25) is 5.91 Å². The molecule has 2 aliphatic rings. The van der Waals surface area contributed by atoms with Crippen molar-refractivity contribution in [1.29, 1.82) is 0 Å². The molecule has 3 heterocycles.